The molecule has 0 aliphatic carbocycles. The van der Waals surface area contributed by atoms with Gasteiger partial charge in [-0.3, -0.25) is 4.79 Å². The number of carboxylic acid groups (broad SMARTS) is 1. The first-order valence-electron chi connectivity index (χ1n) is 9.72. The van der Waals surface area contributed by atoms with Crippen LogP contribution in [0.1, 0.15) is 29.8 Å². The van der Waals surface area contributed by atoms with Gasteiger partial charge in [-0.2, -0.15) is 0 Å². The molecule has 0 saturated heterocycles. The quantitative estimate of drug-likeness (QED) is 0.529. The van der Waals surface area contributed by atoms with Gasteiger partial charge in [-0.25, -0.2) is 4.79 Å². The highest BCUT2D eigenvalue weighted by Crippen LogP contribution is 2.30. The van der Waals surface area contributed by atoms with Crippen molar-refractivity contribution in [3.05, 3.63) is 65.7 Å². The van der Waals surface area contributed by atoms with Gasteiger partial charge in [-0.15, -0.1) is 13.2 Å². The molecule has 0 fully saturated rings. The number of alkyl halides is 3. The Balaban J connectivity index is 1.94. The van der Waals surface area contributed by atoms with Crippen LogP contribution in [0.5, 0.6) is 11.5 Å². The van der Waals surface area contributed by atoms with E-state index in [4.69, 9.17) is 12.6 Å². The van der Waals surface area contributed by atoms with Crippen LogP contribution in [0.4, 0.5) is 13.2 Å². The van der Waals surface area contributed by atoms with Crippen LogP contribution in [0.2, 0.25) is 0 Å². The summed E-state index contributed by atoms with van der Waals surface area (Å²) < 4.78 is 46.8. The molecule has 3 aromatic carbocycles. The fourth-order valence-electron chi connectivity index (χ4n) is 3.05. The number of hydrogen-bond acceptors (Lipinski definition) is 4. The maximum atomic E-state index is 12.9. The Bertz CT molecular complexity index is 1190. The molecule has 170 valence electrons. The Kier molecular flexibility index (Phi) is 6.57. The largest absolute Gasteiger partial charge is 0.573 e. The van der Waals surface area contributed by atoms with Crippen LogP contribution in [0, 0.1) is 0 Å². The maximum Gasteiger partial charge on any atom is 0.573 e. The number of halogens is 3. The molecule has 6 nitrogen and oxygen atoms in total. The van der Waals surface area contributed by atoms with Crippen molar-refractivity contribution >= 4 is 36.0 Å². The van der Waals surface area contributed by atoms with Crippen LogP contribution in [-0.4, -0.2) is 36.7 Å². The van der Waals surface area contributed by atoms with Gasteiger partial charge in [0.15, 0.2) is 0 Å². The fourth-order valence-corrected chi connectivity index (χ4v) is 3.05. The molecule has 10 heteroatoms. The van der Waals surface area contributed by atoms with E-state index >= 15 is 0 Å². The predicted octanol–water partition coefficient (Wildman–Crippen LogP) is 3.70. The minimum atomic E-state index is -4.80. The molecular weight excluding hydrogens is 438 g/mol. The lowest BCUT2D eigenvalue weighted by atomic mass is 9.87. The molecule has 0 unspecified atom stereocenters. The fraction of sp³-hybridized carbons (Fsp3) is 0.217. The lowest BCUT2D eigenvalue weighted by Gasteiger charge is -2.23. The number of carbonyl (C=O) groups excluding carboxylic acids is 1. The second kappa shape index (κ2) is 9.05. The van der Waals surface area contributed by atoms with Crippen LogP contribution < -0.4 is 20.3 Å². The Morgan fingerprint density at radius 1 is 1.03 bits per heavy atom. The van der Waals surface area contributed by atoms with Gasteiger partial charge < -0.3 is 19.9 Å². The van der Waals surface area contributed by atoms with Crippen molar-refractivity contribution in [3.63, 3.8) is 0 Å². The standard InChI is InChI=1S/C23H19BF3NO5/c1-22(2,21(30)31)28-20(29)17-11-18(24)15-5-3-4-6-16(15)19(17)32-12-13-7-9-14(10-8-13)33-23(25,26)27/h3-11H,12H2,1-2H3,(H,28,29)(H,30,31). The number of aliphatic carboxylic acids is 1. The second-order valence-corrected chi connectivity index (χ2v) is 7.75. The van der Waals surface area contributed by atoms with Gasteiger partial charge in [0.05, 0.1) is 5.56 Å². The first-order valence-corrected chi connectivity index (χ1v) is 9.72. The molecule has 33 heavy (non-hydrogen) atoms. The van der Waals surface area contributed by atoms with E-state index in [9.17, 15) is 27.9 Å². The van der Waals surface area contributed by atoms with E-state index in [1.54, 1.807) is 24.3 Å². The third kappa shape index (κ3) is 5.77. The highest BCUT2D eigenvalue weighted by atomic mass is 19.4. The molecule has 0 bridgehead atoms. The van der Waals surface area contributed by atoms with Gasteiger partial charge in [0.25, 0.3) is 5.91 Å². The lowest BCUT2D eigenvalue weighted by Crippen LogP contribution is -2.49. The Labute approximate surface area is 188 Å². The van der Waals surface area contributed by atoms with Crippen molar-refractivity contribution in [3.8, 4) is 11.5 Å². The Hall–Kier alpha value is -3.69. The molecule has 3 aromatic rings. The van der Waals surface area contributed by atoms with Crippen LogP contribution in [-0.2, 0) is 11.4 Å². The molecule has 0 atom stereocenters. The average Bonchev–Trinajstić information content (AvgIpc) is 2.72. The summed E-state index contributed by atoms with van der Waals surface area (Å²) in [6.07, 6.45) is -4.80. The van der Waals surface area contributed by atoms with Gasteiger partial charge in [0.1, 0.15) is 31.5 Å². The minimum absolute atomic E-state index is 0.0255. The molecule has 0 saturated carbocycles. The van der Waals surface area contributed by atoms with E-state index in [-0.39, 0.29) is 23.7 Å². The molecule has 1 amide bonds. The van der Waals surface area contributed by atoms with Crippen LogP contribution in [0.15, 0.2) is 54.6 Å². The molecule has 2 N–H and O–H groups in total. The predicted molar refractivity (Wildman–Crippen MR) is 116 cm³/mol. The summed E-state index contributed by atoms with van der Waals surface area (Å²) in [6, 6.07) is 13.4. The molecule has 0 aromatic heterocycles. The summed E-state index contributed by atoms with van der Waals surface area (Å²) in [5.41, 5.74) is -0.714. The number of amides is 1. The molecule has 0 aliphatic rings. The Morgan fingerprint density at radius 3 is 2.21 bits per heavy atom. The minimum Gasteiger partial charge on any atom is -0.487 e. The number of hydrogen-bond donors (Lipinski definition) is 2. The number of benzene rings is 3. The summed E-state index contributed by atoms with van der Waals surface area (Å²) in [5.74, 6) is -2.15. The van der Waals surface area contributed by atoms with Gasteiger partial charge in [-0.1, -0.05) is 47.9 Å². The smallest absolute Gasteiger partial charge is 0.487 e. The Morgan fingerprint density at radius 2 is 1.64 bits per heavy atom. The molecular formula is C23H19BF3NO5. The summed E-state index contributed by atoms with van der Waals surface area (Å²) >= 11 is 0. The normalized spacial score (nSPS) is 11.8. The monoisotopic (exact) mass is 457 g/mol. The maximum absolute atomic E-state index is 12.9. The molecule has 0 heterocycles. The van der Waals surface area contributed by atoms with E-state index in [1.807, 2.05) is 0 Å². The average molecular weight is 457 g/mol. The van der Waals surface area contributed by atoms with E-state index in [1.165, 1.54) is 32.0 Å². The number of carboxylic acids is 1. The lowest BCUT2D eigenvalue weighted by molar-refractivity contribution is -0.274. The van der Waals surface area contributed by atoms with Crippen molar-refractivity contribution in [2.45, 2.75) is 32.4 Å². The summed E-state index contributed by atoms with van der Waals surface area (Å²) in [6.45, 7) is 2.59. The topological polar surface area (TPSA) is 84.9 Å². The number of nitrogens with one attached hydrogen (secondary N) is 1. The van der Waals surface area contributed by atoms with E-state index in [0.717, 1.165) is 12.1 Å². The van der Waals surface area contributed by atoms with Crippen molar-refractivity contribution in [2.75, 3.05) is 0 Å². The number of carbonyl (C=O) groups is 2. The molecule has 0 aliphatic heterocycles. The van der Waals surface area contributed by atoms with Crippen LogP contribution in [0.3, 0.4) is 0 Å². The van der Waals surface area contributed by atoms with Gasteiger partial charge >= 0.3 is 12.3 Å². The number of rotatable bonds is 7. The molecule has 3 rings (SSSR count). The van der Waals surface area contributed by atoms with Crippen LogP contribution >= 0.6 is 0 Å². The van der Waals surface area contributed by atoms with E-state index < -0.39 is 23.8 Å². The van der Waals surface area contributed by atoms with Gasteiger partial charge in [0, 0.05) is 5.39 Å². The van der Waals surface area contributed by atoms with E-state index in [0.29, 0.717) is 21.8 Å². The highest BCUT2D eigenvalue weighted by molar-refractivity contribution is 6.40. The van der Waals surface area contributed by atoms with Gasteiger partial charge in [0.2, 0.25) is 0 Å². The number of ether oxygens (including phenoxy) is 2. The van der Waals surface area contributed by atoms with Crippen molar-refractivity contribution in [1.82, 2.24) is 5.32 Å². The summed E-state index contributed by atoms with van der Waals surface area (Å²) in [7, 11) is 6.10. The SMILES string of the molecule is [B]c1cc(C(=O)NC(C)(C)C(=O)O)c(OCc2ccc(OC(F)(F)F)cc2)c2ccccc12. The van der Waals surface area contributed by atoms with Crippen molar-refractivity contribution < 1.29 is 37.3 Å². The first kappa shape index (κ1) is 24.0. The third-order valence-corrected chi connectivity index (χ3v) is 4.77. The van der Waals surface area contributed by atoms with Crippen molar-refractivity contribution in [2.24, 2.45) is 0 Å². The van der Waals surface area contributed by atoms with Gasteiger partial charge in [-0.05, 0) is 36.9 Å². The summed E-state index contributed by atoms with van der Waals surface area (Å²) in [4.78, 5) is 24.4. The highest BCUT2D eigenvalue weighted by Gasteiger charge is 2.32. The second-order valence-electron chi connectivity index (χ2n) is 7.75. The zero-order chi connectivity index (χ0) is 24.4. The van der Waals surface area contributed by atoms with E-state index in [2.05, 4.69) is 10.1 Å². The van der Waals surface area contributed by atoms with Crippen molar-refractivity contribution in [1.29, 1.82) is 0 Å². The molecule has 2 radical (unpaired) electrons. The number of fused-ring (bicyclic) bond motifs is 1. The zero-order valence-corrected chi connectivity index (χ0v) is 17.7. The first-order chi connectivity index (χ1) is 15.4. The third-order valence-electron chi connectivity index (χ3n) is 4.77. The summed E-state index contributed by atoms with van der Waals surface area (Å²) in [5, 5.41) is 12.9. The molecule has 0 spiro atoms. The zero-order valence-electron chi connectivity index (χ0n) is 17.7. The van der Waals surface area contributed by atoms with Crippen LogP contribution in [0.25, 0.3) is 10.8 Å².